The van der Waals surface area contributed by atoms with E-state index >= 15 is 0 Å². The van der Waals surface area contributed by atoms with E-state index in [0.29, 0.717) is 19.6 Å². The van der Waals surface area contributed by atoms with E-state index in [9.17, 15) is 19.7 Å². The van der Waals surface area contributed by atoms with Crippen molar-refractivity contribution < 1.29 is 14.5 Å². The molecule has 1 aliphatic rings. The molecule has 9 heteroatoms. The van der Waals surface area contributed by atoms with Gasteiger partial charge < -0.3 is 15.5 Å². The highest BCUT2D eigenvalue weighted by molar-refractivity contribution is 8.13. The molecule has 1 aromatic carbocycles. The molecular formula is C13H16N4O4S. The van der Waals surface area contributed by atoms with Gasteiger partial charge in [0.15, 0.2) is 0 Å². The Morgan fingerprint density at radius 3 is 2.64 bits per heavy atom. The summed E-state index contributed by atoms with van der Waals surface area (Å²) >= 11 is 1.22. The first-order chi connectivity index (χ1) is 10.6. The van der Waals surface area contributed by atoms with Crippen molar-refractivity contribution in [1.82, 2.24) is 10.2 Å². The molecule has 118 valence electrons. The van der Waals surface area contributed by atoms with Crippen LogP contribution >= 0.6 is 11.8 Å². The SMILES string of the molecule is O=C(CN1CCSC1=O)NCCNc1ccc([N+](=O)[O-])cc1. The number of benzene rings is 1. The molecule has 0 spiro atoms. The highest BCUT2D eigenvalue weighted by Gasteiger charge is 2.22. The van der Waals surface area contributed by atoms with Gasteiger partial charge in [0, 0.05) is 43.2 Å². The minimum absolute atomic E-state index is 0.0343. The average molecular weight is 324 g/mol. The number of hydrogen-bond acceptors (Lipinski definition) is 6. The van der Waals surface area contributed by atoms with Gasteiger partial charge in [-0.3, -0.25) is 19.7 Å². The Labute approximate surface area is 131 Å². The minimum atomic E-state index is -0.456. The Balaban J connectivity index is 1.65. The van der Waals surface area contributed by atoms with Gasteiger partial charge >= 0.3 is 0 Å². The fraction of sp³-hybridized carbons (Fsp3) is 0.385. The van der Waals surface area contributed by atoms with Gasteiger partial charge in [0.05, 0.1) is 4.92 Å². The minimum Gasteiger partial charge on any atom is -0.383 e. The zero-order valence-corrected chi connectivity index (χ0v) is 12.6. The van der Waals surface area contributed by atoms with Crippen molar-refractivity contribution in [3.8, 4) is 0 Å². The summed E-state index contributed by atoms with van der Waals surface area (Å²) in [6.07, 6.45) is 0. The molecule has 1 fully saturated rings. The number of anilines is 1. The first-order valence-corrected chi connectivity index (χ1v) is 7.71. The summed E-state index contributed by atoms with van der Waals surface area (Å²) < 4.78 is 0. The molecular weight excluding hydrogens is 308 g/mol. The van der Waals surface area contributed by atoms with Gasteiger partial charge in [0.25, 0.3) is 10.9 Å². The van der Waals surface area contributed by atoms with Crippen LogP contribution < -0.4 is 10.6 Å². The third-order valence-corrected chi connectivity index (χ3v) is 3.93. The second kappa shape index (κ2) is 7.64. The number of nitro groups is 1. The van der Waals surface area contributed by atoms with Crippen LogP contribution in [0.15, 0.2) is 24.3 Å². The fourth-order valence-corrected chi connectivity index (χ4v) is 2.73. The lowest BCUT2D eigenvalue weighted by molar-refractivity contribution is -0.384. The maximum atomic E-state index is 11.7. The molecule has 0 unspecified atom stereocenters. The van der Waals surface area contributed by atoms with Crippen LogP contribution in [0.3, 0.4) is 0 Å². The lowest BCUT2D eigenvalue weighted by Gasteiger charge is -2.14. The molecule has 8 nitrogen and oxygen atoms in total. The Kier molecular flexibility index (Phi) is 5.59. The summed E-state index contributed by atoms with van der Waals surface area (Å²) in [5, 5.41) is 16.2. The van der Waals surface area contributed by atoms with Crippen molar-refractivity contribution in [2.75, 3.05) is 37.2 Å². The molecule has 0 saturated carbocycles. The lowest BCUT2D eigenvalue weighted by atomic mass is 10.3. The first kappa shape index (κ1) is 16.1. The summed E-state index contributed by atoms with van der Waals surface area (Å²) in [6.45, 7) is 1.60. The Morgan fingerprint density at radius 1 is 1.32 bits per heavy atom. The number of rotatable bonds is 7. The molecule has 2 N–H and O–H groups in total. The highest BCUT2D eigenvalue weighted by Crippen LogP contribution is 2.16. The number of hydrogen-bond donors (Lipinski definition) is 2. The van der Waals surface area contributed by atoms with Crippen LogP contribution in [0.5, 0.6) is 0 Å². The molecule has 1 saturated heterocycles. The molecule has 0 radical (unpaired) electrons. The van der Waals surface area contributed by atoms with E-state index < -0.39 is 4.92 Å². The normalized spacial score (nSPS) is 14.0. The lowest BCUT2D eigenvalue weighted by Crippen LogP contribution is -2.38. The number of carbonyl (C=O) groups is 2. The van der Waals surface area contributed by atoms with Gasteiger partial charge in [-0.15, -0.1) is 0 Å². The molecule has 0 atom stereocenters. The summed E-state index contributed by atoms with van der Waals surface area (Å²) in [5.74, 6) is 0.537. The molecule has 1 aromatic rings. The van der Waals surface area contributed by atoms with E-state index in [4.69, 9.17) is 0 Å². The summed E-state index contributed by atoms with van der Waals surface area (Å²) in [4.78, 5) is 34.6. The van der Waals surface area contributed by atoms with Crippen LogP contribution in [0.4, 0.5) is 16.2 Å². The van der Waals surface area contributed by atoms with Crippen molar-refractivity contribution >= 4 is 34.3 Å². The van der Waals surface area contributed by atoms with Gasteiger partial charge in [0.2, 0.25) is 5.91 Å². The first-order valence-electron chi connectivity index (χ1n) is 6.73. The van der Waals surface area contributed by atoms with Gasteiger partial charge in [-0.2, -0.15) is 0 Å². The third kappa shape index (κ3) is 4.62. The molecule has 22 heavy (non-hydrogen) atoms. The van der Waals surface area contributed by atoms with Gasteiger partial charge in [-0.05, 0) is 12.1 Å². The number of nitro benzene ring substituents is 1. The number of carbonyl (C=O) groups excluding carboxylic acids is 2. The van der Waals surface area contributed by atoms with Crippen molar-refractivity contribution in [3.05, 3.63) is 34.4 Å². The zero-order valence-electron chi connectivity index (χ0n) is 11.8. The predicted octanol–water partition coefficient (Wildman–Crippen LogP) is 1.29. The van der Waals surface area contributed by atoms with E-state index in [1.165, 1.54) is 28.8 Å². The third-order valence-electron chi connectivity index (χ3n) is 3.03. The molecule has 2 rings (SSSR count). The predicted molar refractivity (Wildman–Crippen MR) is 84.0 cm³/mol. The van der Waals surface area contributed by atoms with Crippen molar-refractivity contribution in [3.63, 3.8) is 0 Å². The van der Waals surface area contributed by atoms with Crippen molar-refractivity contribution in [1.29, 1.82) is 0 Å². The zero-order chi connectivity index (χ0) is 15.9. The number of nitrogens with one attached hydrogen (secondary N) is 2. The molecule has 1 heterocycles. The molecule has 0 aromatic heterocycles. The largest absolute Gasteiger partial charge is 0.383 e. The Morgan fingerprint density at radius 2 is 2.05 bits per heavy atom. The molecule has 1 aliphatic heterocycles. The summed E-state index contributed by atoms with van der Waals surface area (Å²) in [5.41, 5.74) is 0.776. The van der Waals surface area contributed by atoms with Crippen molar-refractivity contribution in [2.45, 2.75) is 0 Å². The number of non-ortho nitro benzene ring substituents is 1. The van der Waals surface area contributed by atoms with E-state index in [-0.39, 0.29) is 23.4 Å². The van der Waals surface area contributed by atoms with Crippen molar-refractivity contribution in [2.24, 2.45) is 0 Å². The van der Waals surface area contributed by atoms with Gasteiger partial charge in [-0.1, -0.05) is 11.8 Å². The van der Waals surface area contributed by atoms with E-state index in [2.05, 4.69) is 10.6 Å². The highest BCUT2D eigenvalue weighted by atomic mass is 32.2. The maximum absolute atomic E-state index is 11.7. The smallest absolute Gasteiger partial charge is 0.282 e. The summed E-state index contributed by atoms with van der Waals surface area (Å²) in [7, 11) is 0. The monoisotopic (exact) mass is 324 g/mol. The van der Waals surface area contributed by atoms with E-state index in [1.54, 1.807) is 12.1 Å². The Hall–Kier alpha value is -2.29. The number of thioether (sulfide) groups is 1. The maximum Gasteiger partial charge on any atom is 0.282 e. The van der Waals surface area contributed by atoms with Crippen LogP contribution in [0.1, 0.15) is 0 Å². The molecule has 0 bridgehead atoms. The Bertz CT molecular complexity index is 564. The topological polar surface area (TPSA) is 105 Å². The fourth-order valence-electron chi connectivity index (χ4n) is 1.91. The van der Waals surface area contributed by atoms with E-state index in [1.807, 2.05) is 0 Å². The number of amides is 2. The second-order valence-electron chi connectivity index (χ2n) is 4.62. The van der Waals surface area contributed by atoms with Crippen LogP contribution in [-0.4, -0.2) is 52.9 Å². The molecule has 0 aliphatic carbocycles. The molecule has 2 amide bonds. The van der Waals surface area contributed by atoms with Gasteiger partial charge in [0.1, 0.15) is 6.54 Å². The van der Waals surface area contributed by atoms with Crippen LogP contribution in [0.2, 0.25) is 0 Å². The van der Waals surface area contributed by atoms with Crippen LogP contribution in [-0.2, 0) is 4.79 Å². The number of nitrogens with zero attached hydrogens (tertiary/aromatic N) is 2. The van der Waals surface area contributed by atoms with Crippen LogP contribution in [0, 0.1) is 10.1 Å². The summed E-state index contributed by atoms with van der Waals surface area (Å²) in [6, 6.07) is 6.05. The second-order valence-corrected chi connectivity index (χ2v) is 5.66. The van der Waals surface area contributed by atoms with Gasteiger partial charge in [-0.25, -0.2) is 0 Å². The van der Waals surface area contributed by atoms with Crippen LogP contribution in [0.25, 0.3) is 0 Å². The average Bonchev–Trinajstić information content (AvgIpc) is 2.89. The van der Waals surface area contributed by atoms with E-state index in [0.717, 1.165) is 11.4 Å². The standard InChI is InChI=1S/C13H16N4O4S/c18-12(9-16-7-8-22-13(16)19)15-6-5-14-10-1-3-11(4-2-10)17(20)21/h1-4,14H,5-9H2,(H,15,18). The quantitative estimate of drug-likeness (QED) is 0.445.